The van der Waals surface area contributed by atoms with Crippen molar-refractivity contribution in [2.75, 3.05) is 38.0 Å². The van der Waals surface area contributed by atoms with Crippen LogP contribution >= 0.6 is 0 Å². The Bertz CT molecular complexity index is 1530. The van der Waals surface area contributed by atoms with Crippen molar-refractivity contribution in [3.63, 3.8) is 0 Å². The molecule has 0 spiro atoms. The molecule has 0 bridgehead atoms. The van der Waals surface area contributed by atoms with E-state index in [9.17, 15) is 36.9 Å². The van der Waals surface area contributed by atoms with Gasteiger partial charge in [-0.15, -0.1) is 0 Å². The van der Waals surface area contributed by atoms with Crippen LogP contribution in [0.2, 0.25) is 0 Å². The highest BCUT2D eigenvalue weighted by molar-refractivity contribution is 7.90. The number of anilines is 1. The average molecular weight is 574 g/mol. The molecular weight excluding hydrogens is 547 g/mol. The Hall–Kier alpha value is -4.07. The lowest BCUT2D eigenvalue weighted by molar-refractivity contribution is -0.137. The minimum atomic E-state index is -4.61. The molecule has 4 rings (SSSR count). The number of sulfone groups is 1. The Morgan fingerprint density at radius 3 is 2.50 bits per heavy atom. The van der Waals surface area contributed by atoms with Gasteiger partial charge >= 0.3 is 12.2 Å². The molecule has 2 amide bonds. The number of amides is 2. The van der Waals surface area contributed by atoms with Crippen LogP contribution < -0.4 is 4.90 Å². The minimum Gasteiger partial charge on any atom is -0.380 e. The van der Waals surface area contributed by atoms with E-state index >= 15 is 0 Å². The van der Waals surface area contributed by atoms with Crippen LogP contribution in [0.3, 0.4) is 0 Å². The molecule has 0 unspecified atom stereocenters. The summed E-state index contributed by atoms with van der Waals surface area (Å²) in [5, 5.41) is 19.5. The van der Waals surface area contributed by atoms with E-state index in [-0.39, 0.29) is 46.6 Å². The van der Waals surface area contributed by atoms with Gasteiger partial charge in [0.1, 0.15) is 6.67 Å². The fourth-order valence-electron chi connectivity index (χ4n) is 4.94. The smallest absolute Gasteiger partial charge is 0.380 e. The second kappa shape index (κ2) is 11.2. The van der Waals surface area contributed by atoms with Crippen LogP contribution in [0, 0.1) is 22.7 Å². The van der Waals surface area contributed by atoms with E-state index in [0.29, 0.717) is 13.0 Å². The third-order valence-electron chi connectivity index (χ3n) is 6.90. The van der Waals surface area contributed by atoms with Gasteiger partial charge in [-0.3, -0.25) is 4.90 Å². The topological polar surface area (TPSA) is 118 Å². The number of methoxy groups -OCH3 is 1. The molecule has 2 heterocycles. The first-order valence-electron chi connectivity index (χ1n) is 12.3. The Balaban J connectivity index is 1.88. The molecule has 2 atom stereocenters. The Kier molecular flexibility index (Phi) is 8.10. The van der Waals surface area contributed by atoms with E-state index in [0.717, 1.165) is 24.8 Å². The van der Waals surface area contributed by atoms with Crippen molar-refractivity contribution in [1.82, 2.24) is 9.80 Å². The molecule has 0 N–H and O–H groups in total. The Labute approximate surface area is 230 Å². The number of piperidine rings is 1. The lowest BCUT2D eigenvalue weighted by Gasteiger charge is -2.44. The summed E-state index contributed by atoms with van der Waals surface area (Å²) in [5.74, 6) is 0. The monoisotopic (exact) mass is 573 g/mol. The number of urea groups is 1. The first-order chi connectivity index (χ1) is 18.9. The molecule has 0 saturated carbocycles. The first-order valence-corrected chi connectivity index (χ1v) is 14.1. The lowest BCUT2D eigenvalue weighted by atomic mass is 9.95. The molecule has 2 aliphatic rings. The van der Waals surface area contributed by atoms with Gasteiger partial charge < -0.3 is 14.5 Å². The van der Waals surface area contributed by atoms with Gasteiger partial charge in [-0.25, -0.2) is 13.2 Å². The number of ether oxygens (including phenoxy) is 1. The molecule has 9 nitrogen and oxygen atoms in total. The van der Waals surface area contributed by atoms with Crippen molar-refractivity contribution < 1.29 is 31.1 Å². The lowest BCUT2D eigenvalue weighted by Crippen LogP contribution is -2.54. The second-order valence-electron chi connectivity index (χ2n) is 9.59. The van der Waals surface area contributed by atoms with Crippen molar-refractivity contribution in [2.24, 2.45) is 0 Å². The van der Waals surface area contributed by atoms with Gasteiger partial charge in [-0.05, 0) is 48.7 Å². The van der Waals surface area contributed by atoms with Gasteiger partial charge in [0.05, 0.1) is 45.9 Å². The van der Waals surface area contributed by atoms with E-state index in [1.165, 1.54) is 58.3 Å². The predicted octanol–water partition coefficient (Wildman–Crippen LogP) is 4.44. The van der Waals surface area contributed by atoms with Crippen molar-refractivity contribution >= 4 is 21.6 Å². The van der Waals surface area contributed by atoms with Crippen LogP contribution in [-0.4, -0.2) is 63.5 Å². The SMILES string of the molecule is CO[C@@H]1CCCN(C(=O)N2CN(c3cccc(C(F)(F)F)c3)C=C(C#N)[C@H]2c2ccc(C#N)cc2S(C)(=O)=O)C1. The largest absolute Gasteiger partial charge is 0.416 e. The van der Waals surface area contributed by atoms with Crippen LogP contribution in [0.1, 0.15) is 35.6 Å². The average Bonchev–Trinajstić information content (AvgIpc) is 2.94. The summed E-state index contributed by atoms with van der Waals surface area (Å²) in [7, 11) is -2.39. The number of nitrogens with zero attached hydrogens (tertiary/aromatic N) is 5. The summed E-state index contributed by atoms with van der Waals surface area (Å²) in [6.07, 6.45) is -1.18. The third kappa shape index (κ3) is 5.91. The first kappa shape index (κ1) is 28.9. The third-order valence-corrected chi connectivity index (χ3v) is 8.06. The molecule has 2 aromatic rings. The fourth-order valence-corrected chi connectivity index (χ4v) is 5.89. The maximum Gasteiger partial charge on any atom is 0.416 e. The number of alkyl halides is 3. The van der Waals surface area contributed by atoms with Gasteiger partial charge in [0, 0.05) is 38.3 Å². The summed E-state index contributed by atoms with van der Waals surface area (Å²) < 4.78 is 71.3. The van der Waals surface area contributed by atoms with Crippen LogP contribution in [-0.2, 0) is 20.8 Å². The van der Waals surface area contributed by atoms with Gasteiger partial charge in [0.2, 0.25) is 0 Å². The summed E-state index contributed by atoms with van der Waals surface area (Å²) >= 11 is 0. The van der Waals surface area contributed by atoms with E-state index < -0.39 is 33.6 Å². The summed E-state index contributed by atoms with van der Waals surface area (Å²) in [5.41, 5.74) is -0.693. The van der Waals surface area contributed by atoms with Crippen molar-refractivity contribution in [2.45, 2.75) is 36.1 Å². The summed E-state index contributed by atoms with van der Waals surface area (Å²) in [6.45, 7) is 0.358. The number of nitriles is 2. The van der Waals surface area contributed by atoms with Gasteiger partial charge in [0.15, 0.2) is 9.84 Å². The van der Waals surface area contributed by atoms with Crippen molar-refractivity contribution in [3.05, 3.63) is 70.9 Å². The standard InChI is InChI=1S/C27H26F3N5O4S/c1-39-22-7-4-10-33(16-22)26(36)35-17-34(21-6-3-5-20(12-21)27(28,29)30)15-19(14-32)25(35)23-9-8-18(13-31)11-24(23)40(2,37)38/h3,5-6,8-9,11-12,15,22,25H,4,7,10,16-17H2,1-2H3/t22-,25+/m1/s1. The highest BCUT2D eigenvalue weighted by Crippen LogP contribution is 2.39. The normalized spacial score (nSPS) is 20.0. The molecule has 2 aromatic carbocycles. The number of likely N-dealkylation sites (tertiary alicyclic amines) is 1. The second-order valence-corrected chi connectivity index (χ2v) is 11.6. The van der Waals surface area contributed by atoms with Crippen molar-refractivity contribution in [3.8, 4) is 12.1 Å². The quantitative estimate of drug-likeness (QED) is 0.531. The van der Waals surface area contributed by atoms with Crippen LogP contribution in [0.4, 0.5) is 23.7 Å². The van der Waals surface area contributed by atoms with E-state index in [1.807, 2.05) is 12.1 Å². The molecule has 0 radical (unpaired) electrons. The number of rotatable bonds is 4. The number of halogens is 3. The number of hydrogen-bond acceptors (Lipinski definition) is 7. The van der Waals surface area contributed by atoms with Crippen molar-refractivity contribution in [1.29, 1.82) is 10.5 Å². The van der Waals surface area contributed by atoms with Crippen LogP contribution in [0.5, 0.6) is 0 Å². The number of carbonyl (C=O) groups excluding carboxylic acids is 1. The minimum absolute atomic E-state index is 0.0630. The molecule has 0 aliphatic carbocycles. The molecule has 210 valence electrons. The molecule has 2 aliphatic heterocycles. The highest BCUT2D eigenvalue weighted by atomic mass is 32.2. The predicted molar refractivity (Wildman–Crippen MR) is 138 cm³/mol. The van der Waals surface area contributed by atoms with Crippen LogP contribution in [0.15, 0.2) is 59.1 Å². The van der Waals surface area contributed by atoms with Gasteiger partial charge in [-0.1, -0.05) is 12.1 Å². The van der Waals surface area contributed by atoms with Gasteiger partial charge in [0.25, 0.3) is 0 Å². The van der Waals surface area contributed by atoms with Crippen LogP contribution in [0.25, 0.3) is 0 Å². The molecule has 40 heavy (non-hydrogen) atoms. The zero-order chi connectivity index (χ0) is 29.2. The Morgan fingerprint density at radius 2 is 1.88 bits per heavy atom. The number of hydrogen-bond donors (Lipinski definition) is 0. The summed E-state index contributed by atoms with van der Waals surface area (Å²) in [4.78, 5) is 17.9. The molecule has 1 fully saturated rings. The number of benzene rings is 2. The zero-order valence-electron chi connectivity index (χ0n) is 21.7. The molecule has 0 aromatic heterocycles. The molecule has 1 saturated heterocycles. The van der Waals surface area contributed by atoms with E-state index in [1.54, 1.807) is 0 Å². The van der Waals surface area contributed by atoms with E-state index in [4.69, 9.17) is 4.74 Å². The fraction of sp³-hybridized carbons (Fsp3) is 0.370. The zero-order valence-corrected chi connectivity index (χ0v) is 22.5. The van der Waals surface area contributed by atoms with Gasteiger partial charge in [-0.2, -0.15) is 23.7 Å². The highest BCUT2D eigenvalue weighted by Gasteiger charge is 2.40. The Morgan fingerprint density at radius 1 is 1.12 bits per heavy atom. The maximum atomic E-state index is 14.0. The molecule has 13 heteroatoms. The number of carbonyl (C=O) groups is 1. The van der Waals surface area contributed by atoms with E-state index in [2.05, 4.69) is 0 Å². The maximum absolute atomic E-state index is 14.0. The molecular formula is C27H26F3N5O4S. The summed E-state index contributed by atoms with van der Waals surface area (Å²) in [6, 6.07) is 10.6.